The quantitative estimate of drug-likeness (QED) is 0.676. The van der Waals surface area contributed by atoms with Crippen LogP contribution in [-0.2, 0) is 0 Å². The van der Waals surface area contributed by atoms with Crippen LogP contribution in [-0.4, -0.2) is 43.6 Å². The fourth-order valence-electron chi connectivity index (χ4n) is 1.68. The Morgan fingerprint density at radius 2 is 1.79 bits per heavy atom. The zero-order valence-electron chi connectivity index (χ0n) is 9.66. The maximum atomic E-state index is 12.3. The lowest BCUT2D eigenvalue weighted by atomic mass is 10.0. The van der Waals surface area contributed by atoms with Gasteiger partial charge < -0.3 is 16.0 Å². The topological polar surface area (TPSA) is 53.2 Å². The Hall–Kier alpha value is -1.19. The van der Waals surface area contributed by atoms with Gasteiger partial charge in [-0.15, -0.1) is 0 Å². The summed E-state index contributed by atoms with van der Waals surface area (Å²) in [7, 11) is 0. The molecule has 19 heavy (non-hydrogen) atoms. The van der Waals surface area contributed by atoms with Gasteiger partial charge in [0.25, 0.3) is 0 Å². The summed E-state index contributed by atoms with van der Waals surface area (Å²) in [5.41, 5.74) is 0. The molecule has 1 saturated heterocycles. The molecule has 0 bridgehead atoms. The summed E-state index contributed by atoms with van der Waals surface area (Å²) in [4.78, 5) is 11.1. The molecule has 2 unspecified atom stereocenters. The summed E-state index contributed by atoms with van der Waals surface area (Å²) in [6.07, 6.45) is -9.06. The Morgan fingerprint density at radius 1 is 1.16 bits per heavy atom. The molecule has 0 aliphatic carbocycles. The molecule has 0 aromatic rings. The molecule has 2 atom stereocenters. The van der Waals surface area contributed by atoms with Crippen LogP contribution in [0, 0.1) is 0 Å². The zero-order valence-corrected chi connectivity index (χ0v) is 9.66. The third-order valence-corrected chi connectivity index (χ3v) is 2.59. The van der Waals surface area contributed by atoms with Gasteiger partial charge in [0, 0.05) is 12.6 Å². The Bertz CT molecular complexity index is 308. The van der Waals surface area contributed by atoms with Gasteiger partial charge in [-0.3, -0.25) is 0 Å². The van der Waals surface area contributed by atoms with Crippen LogP contribution in [0.5, 0.6) is 0 Å². The monoisotopic (exact) mass is 293 g/mol. The van der Waals surface area contributed by atoms with Crippen LogP contribution in [0.15, 0.2) is 0 Å². The fourth-order valence-corrected chi connectivity index (χ4v) is 1.68. The van der Waals surface area contributed by atoms with E-state index in [0.717, 1.165) is 0 Å². The van der Waals surface area contributed by atoms with E-state index in [1.165, 1.54) is 0 Å². The number of piperidine rings is 1. The standard InChI is InChI=1S/C9H13F6N3O/c10-8(11,12)4-17-7(19)18-5-1-2-6(16-3-5)9(13,14)15/h5-6,16H,1-4H2,(H2,17,18,19). The number of carbonyl (C=O) groups excluding carboxylic acids is 1. The smallest absolute Gasteiger partial charge is 0.334 e. The molecule has 112 valence electrons. The van der Waals surface area contributed by atoms with Crippen LogP contribution in [0.25, 0.3) is 0 Å². The van der Waals surface area contributed by atoms with E-state index in [1.54, 1.807) is 5.32 Å². The molecule has 2 amide bonds. The molecule has 3 N–H and O–H groups in total. The lowest BCUT2D eigenvalue weighted by Gasteiger charge is -2.31. The van der Waals surface area contributed by atoms with Crippen LogP contribution in [0.1, 0.15) is 12.8 Å². The van der Waals surface area contributed by atoms with E-state index in [2.05, 4.69) is 10.6 Å². The Kier molecular flexibility index (Phi) is 4.88. The number of carbonyl (C=O) groups is 1. The molecular formula is C9H13F6N3O. The number of hydrogen-bond acceptors (Lipinski definition) is 2. The summed E-state index contributed by atoms with van der Waals surface area (Å²) in [6, 6.07) is -3.30. The average Bonchev–Trinajstić information content (AvgIpc) is 2.25. The second-order valence-corrected chi connectivity index (χ2v) is 4.22. The van der Waals surface area contributed by atoms with Gasteiger partial charge in [0.1, 0.15) is 12.6 Å². The van der Waals surface area contributed by atoms with Gasteiger partial charge >= 0.3 is 18.4 Å². The van der Waals surface area contributed by atoms with Gasteiger partial charge in [0.15, 0.2) is 0 Å². The highest BCUT2D eigenvalue weighted by Gasteiger charge is 2.41. The molecule has 10 heteroatoms. The molecule has 1 rings (SSSR count). The maximum Gasteiger partial charge on any atom is 0.405 e. The predicted molar refractivity (Wildman–Crippen MR) is 53.5 cm³/mol. The van der Waals surface area contributed by atoms with Crippen molar-refractivity contribution >= 4 is 6.03 Å². The third kappa shape index (κ3) is 5.99. The molecule has 1 aliphatic rings. The average molecular weight is 293 g/mol. The SMILES string of the molecule is O=C(NCC(F)(F)F)NC1CCC(C(F)(F)F)NC1. The van der Waals surface area contributed by atoms with E-state index in [0.29, 0.717) is 0 Å². The molecular weight excluding hydrogens is 280 g/mol. The molecule has 1 heterocycles. The summed E-state index contributed by atoms with van der Waals surface area (Å²) in [5.74, 6) is 0. The van der Waals surface area contributed by atoms with Crippen LogP contribution in [0.4, 0.5) is 31.1 Å². The molecule has 1 fully saturated rings. The number of hydrogen-bond donors (Lipinski definition) is 3. The van der Waals surface area contributed by atoms with Crippen molar-refractivity contribution in [1.82, 2.24) is 16.0 Å². The van der Waals surface area contributed by atoms with Crippen LogP contribution < -0.4 is 16.0 Å². The van der Waals surface area contributed by atoms with Gasteiger partial charge in [-0.25, -0.2) is 4.79 Å². The number of amides is 2. The van der Waals surface area contributed by atoms with Crippen molar-refractivity contribution in [3.63, 3.8) is 0 Å². The van der Waals surface area contributed by atoms with Gasteiger partial charge in [0.05, 0.1) is 0 Å². The molecule has 4 nitrogen and oxygen atoms in total. The molecule has 0 radical (unpaired) electrons. The lowest BCUT2D eigenvalue weighted by Crippen LogP contribution is -2.56. The molecule has 0 aromatic heterocycles. The first-order valence-electron chi connectivity index (χ1n) is 5.49. The van der Waals surface area contributed by atoms with Gasteiger partial charge in [-0.2, -0.15) is 26.3 Å². The summed E-state index contributed by atoms with van der Waals surface area (Å²) >= 11 is 0. The van der Waals surface area contributed by atoms with E-state index in [1.807, 2.05) is 0 Å². The summed E-state index contributed by atoms with van der Waals surface area (Å²) in [6.45, 7) is -1.62. The number of nitrogens with one attached hydrogen (secondary N) is 3. The minimum Gasteiger partial charge on any atom is -0.334 e. The van der Waals surface area contributed by atoms with Crippen molar-refractivity contribution in [2.45, 2.75) is 37.3 Å². The first kappa shape index (κ1) is 15.9. The highest BCUT2D eigenvalue weighted by atomic mass is 19.4. The minimum absolute atomic E-state index is 0.0522. The van der Waals surface area contributed by atoms with E-state index in [9.17, 15) is 31.1 Å². The summed E-state index contributed by atoms with van der Waals surface area (Å²) < 4.78 is 72.3. The number of halogens is 6. The van der Waals surface area contributed by atoms with E-state index < -0.39 is 37.0 Å². The van der Waals surface area contributed by atoms with Crippen LogP contribution in [0.2, 0.25) is 0 Å². The highest BCUT2D eigenvalue weighted by molar-refractivity contribution is 5.74. The predicted octanol–water partition coefficient (Wildman–Crippen LogP) is 1.53. The van der Waals surface area contributed by atoms with E-state index >= 15 is 0 Å². The zero-order chi connectivity index (χ0) is 14.7. The van der Waals surface area contributed by atoms with Gasteiger partial charge in [-0.1, -0.05) is 0 Å². The van der Waals surface area contributed by atoms with Crippen LogP contribution >= 0.6 is 0 Å². The lowest BCUT2D eigenvalue weighted by molar-refractivity contribution is -0.160. The van der Waals surface area contributed by atoms with E-state index in [-0.39, 0.29) is 19.4 Å². The highest BCUT2D eigenvalue weighted by Crippen LogP contribution is 2.26. The molecule has 0 saturated carbocycles. The van der Waals surface area contributed by atoms with E-state index in [4.69, 9.17) is 0 Å². The van der Waals surface area contributed by atoms with Crippen molar-refractivity contribution in [1.29, 1.82) is 0 Å². The fraction of sp³-hybridized carbons (Fsp3) is 0.889. The molecule has 0 aromatic carbocycles. The van der Waals surface area contributed by atoms with Crippen LogP contribution in [0.3, 0.4) is 0 Å². The van der Waals surface area contributed by atoms with Crippen molar-refractivity contribution in [2.75, 3.05) is 13.1 Å². The largest absolute Gasteiger partial charge is 0.405 e. The second-order valence-electron chi connectivity index (χ2n) is 4.22. The third-order valence-electron chi connectivity index (χ3n) is 2.59. The van der Waals surface area contributed by atoms with Crippen molar-refractivity contribution < 1.29 is 31.1 Å². The first-order chi connectivity index (χ1) is 8.58. The summed E-state index contributed by atoms with van der Waals surface area (Å²) in [5, 5.41) is 5.97. The van der Waals surface area contributed by atoms with Crippen molar-refractivity contribution in [2.24, 2.45) is 0 Å². The second kappa shape index (κ2) is 5.85. The number of rotatable bonds is 2. The van der Waals surface area contributed by atoms with Gasteiger partial charge in [0.2, 0.25) is 0 Å². The minimum atomic E-state index is -4.52. The molecule has 1 aliphatic heterocycles. The Balaban J connectivity index is 2.28. The van der Waals surface area contributed by atoms with Crippen molar-refractivity contribution in [3.05, 3.63) is 0 Å². The normalized spacial score (nSPS) is 24.9. The Morgan fingerprint density at radius 3 is 2.21 bits per heavy atom. The number of alkyl halides is 6. The van der Waals surface area contributed by atoms with Gasteiger partial charge in [-0.05, 0) is 12.8 Å². The molecule has 0 spiro atoms. The Labute approximate surface area is 104 Å². The maximum absolute atomic E-state index is 12.3. The van der Waals surface area contributed by atoms with Crippen molar-refractivity contribution in [3.8, 4) is 0 Å². The number of urea groups is 1. The first-order valence-corrected chi connectivity index (χ1v) is 5.49.